The number of carbonyl (C=O) groups excluding carboxylic acids is 1. The molecule has 14 heteroatoms. The predicted octanol–water partition coefficient (Wildman–Crippen LogP) is 5.35. The highest BCUT2D eigenvalue weighted by Gasteiger charge is 2.37. The van der Waals surface area contributed by atoms with Crippen molar-refractivity contribution in [3.05, 3.63) is 45.5 Å². The van der Waals surface area contributed by atoms with Gasteiger partial charge in [-0.15, -0.1) is 15.3 Å². The summed E-state index contributed by atoms with van der Waals surface area (Å²) in [6.07, 6.45) is -4.68. The number of benzene rings is 1. The van der Waals surface area contributed by atoms with Gasteiger partial charge < -0.3 is 14.4 Å². The van der Waals surface area contributed by atoms with E-state index in [1.807, 2.05) is 0 Å². The molecule has 0 radical (unpaired) electrons. The third-order valence-corrected chi connectivity index (χ3v) is 4.75. The van der Waals surface area contributed by atoms with Crippen LogP contribution < -0.4 is 0 Å². The first-order chi connectivity index (χ1) is 14.0. The number of carbonyl (C=O) groups is 1. The summed E-state index contributed by atoms with van der Waals surface area (Å²) < 4.78 is 43.9. The largest absolute Gasteiger partial charge is 0.509 e. The maximum absolute atomic E-state index is 12.8. The fraction of sp³-hybridized carbons (Fsp3) is 0.312. The van der Waals surface area contributed by atoms with Gasteiger partial charge in [0.15, 0.2) is 5.16 Å². The Bertz CT molecular complexity index is 975. The molecule has 8 nitrogen and oxygen atoms in total. The normalized spacial score (nSPS) is 12.9. The van der Waals surface area contributed by atoms with E-state index in [0.717, 1.165) is 11.6 Å². The zero-order chi connectivity index (χ0) is 22.5. The summed E-state index contributed by atoms with van der Waals surface area (Å²) >= 11 is 12.5. The lowest BCUT2D eigenvalue weighted by molar-refractivity contribution is -0.147. The fourth-order valence-corrected chi connectivity index (χ4v) is 3.30. The summed E-state index contributed by atoms with van der Waals surface area (Å²) in [5, 5.41) is 24.7. The molecule has 0 fully saturated rings. The van der Waals surface area contributed by atoms with Crippen LogP contribution in [0, 0.1) is 0 Å². The summed E-state index contributed by atoms with van der Waals surface area (Å²) in [4.78, 5) is 12.1. The Morgan fingerprint density at radius 2 is 1.90 bits per heavy atom. The van der Waals surface area contributed by atoms with Gasteiger partial charge in [-0.25, -0.2) is 4.79 Å². The molecule has 0 aliphatic carbocycles. The van der Waals surface area contributed by atoms with Crippen LogP contribution in [0.25, 0.3) is 0 Å². The van der Waals surface area contributed by atoms with E-state index in [2.05, 4.69) is 20.4 Å². The Kier molecular flexibility index (Phi) is 8.10. The van der Waals surface area contributed by atoms with Crippen molar-refractivity contribution in [2.45, 2.75) is 18.3 Å². The Morgan fingerprint density at radius 1 is 1.27 bits per heavy atom. The Morgan fingerprint density at radius 3 is 2.43 bits per heavy atom. The Labute approximate surface area is 182 Å². The minimum atomic E-state index is -4.68. The molecule has 0 bridgehead atoms. The SMILES string of the molecule is CCOC(=O)/C(N=Nc1cc(Cl)cc(Cl)c1)=C(/O)CSc1nnc(C(F)(F)F)n1C. The summed E-state index contributed by atoms with van der Waals surface area (Å²) in [5.41, 5.74) is -0.323. The van der Waals surface area contributed by atoms with E-state index in [0.29, 0.717) is 11.8 Å². The zero-order valence-corrected chi connectivity index (χ0v) is 17.8. The average molecular weight is 484 g/mol. The lowest BCUT2D eigenvalue weighted by Gasteiger charge is -2.07. The van der Waals surface area contributed by atoms with Crippen LogP contribution in [0.4, 0.5) is 18.9 Å². The average Bonchev–Trinajstić information content (AvgIpc) is 3.00. The molecule has 1 heterocycles. The summed E-state index contributed by atoms with van der Waals surface area (Å²) in [6.45, 7) is 1.55. The van der Waals surface area contributed by atoms with E-state index in [9.17, 15) is 23.1 Å². The molecular weight excluding hydrogens is 470 g/mol. The first-order valence-electron chi connectivity index (χ1n) is 8.09. The number of aromatic nitrogens is 3. The molecule has 0 saturated carbocycles. The lowest BCUT2D eigenvalue weighted by atomic mass is 10.3. The van der Waals surface area contributed by atoms with Crippen molar-refractivity contribution in [2.75, 3.05) is 12.4 Å². The fourth-order valence-electron chi connectivity index (χ4n) is 2.01. The van der Waals surface area contributed by atoms with Gasteiger partial charge in [0, 0.05) is 17.1 Å². The lowest BCUT2D eigenvalue weighted by Crippen LogP contribution is -2.13. The molecule has 0 aliphatic heterocycles. The van der Waals surface area contributed by atoms with E-state index in [1.54, 1.807) is 6.92 Å². The van der Waals surface area contributed by atoms with Crippen LogP contribution >= 0.6 is 35.0 Å². The molecule has 30 heavy (non-hydrogen) atoms. The second-order valence-electron chi connectivity index (χ2n) is 5.50. The minimum Gasteiger partial charge on any atom is -0.509 e. The second kappa shape index (κ2) is 10.1. The number of rotatable bonds is 7. The van der Waals surface area contributed by atoms with Crippen LogP contribution in [0.3, 0.4) is 0 Å². The molecule has 1 aromatic heterocycles. The monoisotopic (exact) mass is 483 g/mol. The molecule has 0 spiro atoms. The topological polar surface area (TPSA) is 102 Å². The quantitative estimate of drug-likeness (QED) is 0.187. The maximum Gasteiger partial charge on any atom is 0.451 e. The number of hydrogen-bond donors (Lipinski definition) is 1. The first kappa shape index (κ1) is 24.0. The van der Waals surface area contributed by atoms with Crippen molar-refractivity contribution in [2.24, 2.45) is 17.3 Å². The summed E-state index contributed by atoms with van der Waals surface area (Å²) in [7, 11) is 1.13. The smallest absolute Gasteiger partial charge is 0.451 e. The van der Waals surface area contributed by atoms with Gasteiger partial charge >= 0.3 is 12.1 Å². The number of esters is 1. The van der Waals surface area contributed by atoms with Crippen LogP contribution in [-0.2, 0) is 22.8 Å². The van der Waals surface area contributed by atoms with Gasteiger partial charge in [-0.1, -0.05) is 35.0 Å². The first-order valence-corrected chi connectivity index (χ1v) is 9.83. The van der Waals surface area contributed by atoms with Crippen LogP contribution in [0.2, 0.25) is 10.0 Å². The standard InChI is InChI=1S/C16H14Cl2F3N5O3S/c1-3-29-13(28)12(23-22-10-5-8(17)4-9(18)6-10)11(27)7-30-15-25-24-14(26(15)2)16(19,20)21/h4-6,27H,3,7H2,1-2H3/b12-11-,23-22?. The Hall–Kier alpha value is -2.31. The molecule has 162 valence electrons. The van der Waals surface area contributed by atoms with E-state index in [-0.39, 0.29) is 33.2 Å². The van der Waals surface area contributed by atoms with E-state index < -0.39 is 29.4 Å². The number of halogens is 5. The number of aliphatic hydroxyl groups excluding tert-OH is 1. The van der Waals surface area contributed by atoms with Gasteiger partial charge in [-0.2, -0.15) is 18.3 Å². The van der Waals surface area contributed by atoms with Crippen LogP contribution in [-0.4, -0.2) is 38.2 Å². The van der Waals surface area contributed by atoms with Gasteiger partial charge in [-0.05, 0) is 25.1 Å². The number of nitrogens with zero attached hydrogens (tertiary/aromatic N) is 5. The van der Waals surface area contributed by atoms with Gasteiger partial charge in [0.25, 0.3) is 0 Å². The number of aliphatic hydroxyl groups is 1. The minimum absolute atomic E-state index is 0.000498. The number of alkyl halides is 3. The van der Waals surface area contributed by atoms with Gasteiger partial charge in [0.05, 0.1) is 18.0 Å². The highest BCUT2D eigenvalue weighted by Crippen LogP contribution is 2.30. The molecule has 0 unspecified atom stereocenters. The molecule has 0 amide bonds. The molecule has 2 aromatic rings. The number of ether oxygens (including phenoxy) is 1. The Balaban J connectivity index is 2.27. The van der Waals surface area contributed by atoms with Gasteiger partial charge in [0.1, 0.15) is 5.76 Å². The van der Waals surface area contributed by atoms with E-state index in [4.69, 9.17) is 27.9 Å². The highest BCUT2D eigenvalue weighted by atomic mass is 35.5. The third-order valence-electron chi connectivity index (χ3n) is 3.28. The molecule has 0 atom stereocenters. The number of hydrogen-bond acceptors (Lipinski definition) is 8. The van der Waals surface area contributed by atoms with Crippen LogP contribution in [0.15, 0.2) is 45.0 Å². The highest BCUT2D eigenvalue weighted by molar-refractivity contribution is 7.99. The molecule has 0 aliphatic rings. The van der Waals surface area contributed by atoms with Crippen molar-refractivity contribution in [3.8, 4) is 0 Å². The van der Waals surface area contributed by atoms with Crippen molar-refractivity contribution in [1.82, 2.24) is 14.8 Å². The van der Waals surface area contributed by atoms with Crippen molar-refractivity contribution < 1.29 is 27.8 Å². The van der Waals surface area contributed by atoms with Crippen molar-refractivity contribution in [3.63, 3.8) is 0 Å². The van der Waals surface area contributed by atoms with Gasteiger partial charge in [-0.3, -0.25) is 0 Å². The maximum atomic E-state index is 12.8. The van der Waals surface area contributed by atoms with E-state index >= 15 is 0 Å². The number of azo groups is 1. The molecular formula is C16H14Cl2F3N5O3S. The van der Waals surface area contributed by atoms with Crippen LogP contribution in [0.5, 0.6) is 0 Å². The predicted molar refractivity (Wildman–Crippen MR) is 104 cm³/mol. The second-order valence-corrected chi connectivity index (χ2v) is 7.31. The molecule has 0 saturated heterocycles. The number of thioether (sulfide) groups is 1. The van der Waals surface area contributed by atoms with Crippen LogP contribution in [0.1, 0.15) is 12.7 Å². The van der Waals surface area contributed by atoms with Crippen molar-refractivity contribution in [1.29, 1.82) is 0 Å². The van der Waals surface area contributed by atoms with Crippen molar-refractivity contribution >= 4 is 46.6 Å². The third kappa shape index (κ3) is 6.34. The molecule has 2 rings (SSSR count). The van der Waals surface area contributed by atoms with E-state index in [1.165, 1.54) is 18.2 Å². The summed E-state index contributed by atoms with van der Waals surface area (Å²) in [6, 6.07) is 4.31. The zero-order valence-electron chi connectivity index (χ0n) is 15.4. The molecule has 1 aromatic carbocycles. The molecule has 1 N–H and O–H groups in total. The summed E-state index contributed by atoms with van der Waals surface area (Å²) in [5.74, 6) is -3.09. The van der Waals surface area contributed by atoms with Gasteiger partial charge in [0.2, 0.25) is 11.5 Å².